The van der Waals surface area contributed by atoms with Gasteiger partial charge in [-0.15, -0.1) is 0 Å². The largest absolute Gasteiger partial charge is 0.235 e. The molecule has 0 atom stereocenters. The van der Waals surface area contributed by atoms with Gasteiger partial charge < -0.3 is 0 Å². The lowest BCUT2D eigenvalue weighted by molar-refractivity contribution is 0.534. The number of benzene rings is 1. The van der Waals surface area contributed by atoms with Crippen LogP contribution in [0.4, 0.5) is 4.39 Å². The molecule has 0 bridgehead atoms. The third-order valence-corrected chi connectivity index (χ3v) is 2.08. The van der Waals surface area contributed by atoms with Crippen molar-refractivity contribution in [2.75, 3.05) is 0 Å². The summed E-state index contributed by atoms with van der Waals surface area (Å²) in [5, 5.41) is 0. The topological polar surface area (TPSA) is 0 Å². The van der Waals surface area contributed by atoms with Crippen molar-refractivity contribution in [1.82, 2.24) is 0 Å². The lowest BCUT2D eigenvalue weighted by Crippen LogP contribution is -1.93. The quantitative estimate of drug-likeness (QED) is 0.609. The summed E-state index contributed by atoms with van der Waals surface area (Å²) in [6, 6.07) is 9.89. The molecule has 1 aliphatic carbocycles. The maximum Gasteiger partial charge on any atom is 0.171 e. The van der Waals surface area contributed by atoms with Gasteiger partial charge in [-0.3, -0.25) is 0 Å². The first-order chi connectivity index (χ1) is 6.36. The van der Waals surface area contributed by atoms with Crippen LogP contribution < -0.4 is 0 Å². The molecule has 65 valence electrons. The van der Waals surface area contributed by atoms with Crippen LogP contribution in [-0.2, 0) is 0 Å². The molecule has 1 aromatic rings. The van der Waals surface area contributed by atoms with Crippen LogP contribution in [0.25, 0.3) is 5.57 Å². The third-order valence-electron chi connectivity index (χ3n) is 2.08. The Balaban J connectivity index is 2.28. The fraction of sp³-hybridized carbons (Fsp3) is 0.0833. The highest BCUT2D eigenvalue weighted by Gasteiger charge is 2.11. The molecule has 0 saturated carbocycles. The van der Waals surface area contributed by atoms with E-state index in [1.165, 1.54) is 6.08 Å². The van der Waals surface area contributed by atoms with Crippen molar-refractivity contribution in [1.29, 1.82) is 0 Å². The number of rotatable bonds is 1. The normalized spacial score (nSPS) is 17.2. The second kappa shape index (κ2) is 3.56. The monoisotopic (exact) mass is 173 g/mol. The summed E-state index contributed by atoms with van der Waals surface area (Å²) >= 11 is 0. The van der Waals surface area contributed by atoms with E-state index < -0.39 is 0 Å². The van der Waals surface area contributed by atoms with Gasteiger partial charge in [-0.1, -0.05) is 42.5 Å². The molecule has 0 nitrogen and oxygen atoms in total. The van der Waals surface area contributed by atoms with Gasteiger partial charge in [0.2, 0.25) is 0 Å². The van der Waals surface area contributed by atoms with Crippen molar-refractivity contribution >= 4 is 5.57 Å². The van der Waals surface area contributed by atoms with Crippen LogP contribution in [-0.4, -0.2) is 0 Å². The molecule has 1 radical (unpaired) electrons. The van der Waals surface area contributed by atoms with Gasteiger partial charge in [0, 0.05) is 6.42 Å². The van der Waals surface area contributed by atoms with Crippen LogP contribution in [0.2, 0.25) is 0 Å². The zero-order valence-corrected chi connectivity index (χ0v) is 7.20. The number of hydrogen-bond acceptors (Lipinski definition) is 0. The first kappa shape index (κ1) is 8.24. The van der Waals surface area contributed by atoms with Crippen LogP contribution in [0.15, 0.2) is 48.6 Å². The van der Waals surface area contributed by atoms with E-state index in [1.807, 2.05) is 36.4 Å². The predicted octanol–water partition coefficient (Wildman–Crippen LogP) is 3.53. The summed E-state index contributed by atoms with van der Waals surface area (Å²) in [7, 11) is 0. The van der Waals surface area contributed by atoms with Crippen molar-refractivity contribution < 1.29 is 4.39 Å². The maximum absolute atomic E-state index is 12.9. The highest BCUT2D eigenvalue weighted by molar-refractivity contribution is 5.70. The Kier molecular flexibility index (Phi) is 2.26. The Hall–Kier alpha value is -1.37. The molecule has 0 N–H and O–H groups in total. The molecular formula is C12H10F. The molecule has 1 aliphatic rings. The van der Waals surface area contributed by atoms with E-state index >= 15 is 0 Å². The highest BCUT2D eigenvalue weighted by Crippen LogP contribution is 2.28. The maximum atomic E-state index is 12.9. The van der Waals surface area contributed by atoms with Crippen molar-refractivity contribution in [2.24, 2.45) is 0 Å². The molecule has 0 amide bonds. The molecule has 0 saturated heterocycles. The minimum absolute atomic E-state index is 0.0682. The molecule has 0 aliphatic heterocycles. The molecule has 0 spiro atoms. The number of hydrogen-bond donors (Lipinski definition) is 0. The summed E-state index contributed by atoms with van der Waals surface area (Å²) in [6.07, 6.45) is 5.56. The first-order valence-corrected chi connectivity index (χ1v) is 4.30. The minimum atomic E-state index is -0.0682. The van der Waals surface area contributed by atoms with Gasteiger partial charge >= 0.3 is 0 Å². The van der Waals surface area contributed by atoms with Gasteiger partial charge in [0.25, 0.3) is 0 Å². The fourth-order valence-electron chi connectivity index (χ4n) is 1.42. The number of halogens is 1. The SMILES string of the molecule is F[C]1C=CC=C(c2ccccc2)C1. The molecule has 1 heteroatoms. The van der Waals surface area contributed by atoms with Gasteiger partial charge in [-0.2, -0.15) is 0 Å². The van der Waals surface area contributed by atoms with Crippen LogP contribution in [0.1, 0.15) is 12.0 Å². The second-order valence-corrected chi connectivity index (χ2v) is 3.04. The molecule has 0 heterocycles. The molecule has 13 heavy (non-hydrogen) atoms. The van der Waals surface area contributed by atoms with Crippen molar-refractivity contribution in [3.8, 4) is 0 Å². The molecule has 2 rings (SSSR count). The Labute approximate surface area is 77.4 Å². The smallest absolute Gasteiger partial charge is 0.171 e. The zero-order chi connectivity index (χ0) is 9.10. The van der Waals surface area contributed by atoms with E-state index in [0.29, 0.717) is 6.42 Å². The molecule has 0 fully saturated rings. The van der Waals surface area contributed by atoms with E-state index in [9.17, 15) is 4.39 Å². The number of allylic oxidation sites excluding steroid dienone is 4. The summed E-state index contributed by atoms with van der Waals surface area (Å²) in [5.41, 5.74) is 2.14. The highest BCUT2D eigenvalue weighted by atomic mass is 19.1. The van der Waals surface area contributed by atoms with Crippen LogP contribution in [0.5, 0.6) is 0 Å². The summed E-state index contributed by atoms with van der Waals surface area (Å²) in [6.45, 7) is 0. The van der Waals surface area contributed by atoms with Crippen LogP contribution >= 0.6 is 0 Å². The Morgan fingerprint density at radius 2 is 1.85 bits per heavy atom. The standard InChI is InChI=1S/C12H10F/c13-12-8-4-7-11(9-12)10-5-2-1-3-6-10/h1-8H,9H2. The Morgan fingerprint density at radius 3 is 2.54 bits per heavy atom. The zero-order valence-electron chi connectivity index (χ0n) is 7.20. The minimum Gasteiger partial charge on any atom is -0.235 e. The van der Waals surface area contributed by atoms with Gasteiger partial charge in [0.05, 0.1) is 0 Å². The van der Waals surface area contributed by atoms with Gasteiger partial charge in [-0.25, -0.2) is 4.39 Å². The molecule has 1 aromatic carbocycles. The summed E-state index contributed by atoms with van der Waals surface area (Å²) in [5.74, 6) is 0. The second-order valence-electron chi connectivity index (χ2n) is 3.04. The predicted molar refractivity (Wildman–Crippen MR) is 52.5 cm³/mol. The fourth-order valence-corrected chi connectivity index (χ4v) is 1.42. The average Bonchev–Trinajstić information content (AvgIpc) is 2.19. The van der Waals surface area contributed by atoms with Crippen molar-refractivity contribution in [3.05, 3.63) is 60.3 Å². The molecule has 0 aromatic heterocycles. The summed E-state index contributed by atoms with van der Waals surface area (Å²) < 4.78 is 12.9. The van der Waals surface area contributed by atoms with E-state index in [0.717, 1.165) is 11.1 Å². The van der Waals surface area contributed by atoms with Crippen molar-refractivity contribution in [2.45, 2.75) is 6.42 Å². The first-order valence-electron chi connectivity index (χ1n) is 4.30. The van der Waals surface area contributed by atoms with Crippen LogP contribution in [0, 0.1) is 6.17 Å². The lowest BCUT2D eigenvalue weighted by Gasteiger charge is -2.10. The van der Waals surface area contributed by atoms with Crippen LogP contribution in [0.3, 0.4) is 0 Å². The van der Waals surface area contributed by atoms with Crippen molar-refractivity contribution in [3.63, 3.8) is 0 Å². The van der Waals surface area contributed by atoms with Gasteiger partial charge in [0.1, 0.15) is 0 Å². The van der Waals surface area contributed by atoms with E-state index in [-0.39, 0.29) is 6.17 Å². The third kappa shape index (κ3) is 1.86. The Morgan fingerprint density at radius 1 is 1.08 bits per heavy atom. The van der Waals surface area contributed by atoms with E-state index in [2.05, 4.69) is 0 Å². The summed E-state index contributed by atoms with van der Waals surface area (Å²) in [4.78, 5) is 0. The van der Waals surface area contributed by atoms with Gasteiger partial charge in [0.15, 0.2) is 6.17 Å². The van der Waals surface area contributed by atoms with E-state index in [1.54, 1.807) is 6.08 Å². The van der Waals surface area contributed by atoms with Gasteiger partial charge in [-0.05, 0) is 17.2 Å². The average molecular weight is 173 g/mol. The Bertz CT molecular complexity index is 335. The van der Waals surface area contributed by atoms with E-state index in [4.69, 9.17) is 0 Å². The molecule has 0 unspecified atom stereocenters. The molecular weight excluding hydrogens is 163 g/mol. The lowest BCUT2D eigenvalue weighted by atomic mass is 9.97.